The van der Waals surface area contributed by atoms with Crippen LogP contribution in [0.2, 0.25) is 10.0 Å². The summed E-state index contributed by atoms with van der Waals surface area (Å²) in [6.45, 7) is -3.01. The fourth-order valence-electron chi connectivity index (χ4n) is 0.600. The average Bonchev–Trinajstić information content (AvgIpc) is 2.32. The summed E-state index contributed by atoms with van der Waals surface area (Å²) in [5.74, 6) is -2.46. The number of rotatable bonds is 3. The molecule has 0 aliphatic carbocycles. The van der Waals surface area contributed by atoms with Gasteiger partial charge in [0, 0.05) is 9.13 Å². The monoisotopic (exact) mass is 240 g/mol. The van der Waals surface area contributed by atoms with Crippen LogP contribution < -0.4 is 4.74 Å². The highest BCUT2D eigenvalue weighted by atomic mass is 35.5. The van der Waals surface area contributed by atoms with Crippen molar-refractivity contribution in [3.63, 3.8) is 0 Å². The molecular weight excluding hydrogens is 227 g/mol. The van der Waals surface area contributed by atoms with Crippen LogP contribution in [0.25, 0.3) is 0 Å². The quantitative estimate of drug-likeness (QED) is 0.884. The van der Waals surface area contributed by atoms with E-state index in [-0.39, 0.29) is 0 Å². The zero-order chi connectivity index (χ0) is 15.8. The molecule has 3 nitrogen and oxygen atoms in total. The minimum Gasteiger partial charge on any atom is -0.479 e. The number of hydrogen-bond donors (Lipinski definition) is 1. The maximum absolute atomic E-state index is 10.9. The largest absolute Gasteiger partial charge is 0.479 e. The maximum Gasteiger partial charge on any atom is 0.344 e. The predicted octanol–water partition coefficient (Wildman–Crippen LogP) is 2.85. The number of aliphatic carboxylic acids is 1. The molecule has 1 atom stereocenters. The summed E-state index contributed by atoms with van der Waals surface area (Å²) in [6.07, 6.45) is -2.27. The van der Waals surface area contributed by atoms with E-state index in [0.29, 0.717) is 0 Å². The van der Waals surface area contributed by atoms with E-state index in [9.17, 15) is 4.79 Å². The first-order valence-corrected chi connectivity index (χ1v) is 4.08. The van der Waals surface area contributed by atoms with Gasteiger partial charge >= 0.3 is 5.97 Å². The Balaban J connectivity index is 3.38. The molecule has 0 aliphatic rings. The van der Waals surface area contributed by atoms with Crippen molar-refractivity contribution in [3.8, 4) is 5.75 Å². The molecule has 0 radical (unpaired) electrons. The van der Waals surface area contributed by atoms with Crippen molar-refractivity contribution >= 4 is 29.2 Å². The molecule has 1 N–H and O–H groups in total. The zero-order valence-corrected chi connectivity index (χ0v) is 8.11. The first kappa shape index (κ1) is 5.24. The van der Waals surface area contributed by atoms with E-state index >= 15 is 0 Å². The summed E-state index contributed by atoms with van der Waals surface area (Å²) in [5.41, 5.74) is 0. The Labute approximate surface area is 99.6 Å². The second-order valence-corrected chi connectivity index (χ2v) is 2.92. The first-order chi connectivity index (χ1) is 8.98. The van der Waals surface area contributed by atoms with Crippen molar-refractivity contribution in [2.24, 2.45) is 0 Å². The molecule has 76 valence electrons. The van der Waals surface area contributed by atoms with Crippen LogP contribution >= 0.6 is 23.2 Å². The van der Waals surface area contributed by atoms with Crippen molar-refractivity contribution in [1.29, 1.82) is 0 Å². The zero-order valence-electron chi connectivity index (χ0n) is 12.6. The number of ether oxygens (including phenoxy) is 1. The summed E-state index contributed by atoms with van der Waals surface area (Å²) in [6, 6.07) is -1.84. The molecule has 0 aromatic heterocycles. The highest BCUT2D eigenvalue weighted by Gasteiger charge is 2.14. The second kappa shape index (κ2) is 4.53. The Bertz CT molecular complexity index is 531. The lowest BCUT2D eigenvalue weighted by Crippen LogP contribution is -2.22. The number of benzene rings is 1. The van der Waals surface area contributed by atoms with E-state index in [0.717, 1.165) is 0 Å². The molecule has 0 amide bonds. The smallest absolute Gasteiger partial charge is 0.344 e. The van der Waals surface area contributed by atoms with E-state index < -0.39 is 52.8 Å². The van der Waals surface area contributed by atoms with Crippen molar-refractivity contribution < 1.29 is 22.9 Å². The van der Waals surface area contributed by atoms with Crippen LogP contribution in [0.3, 0.4) is 0 Å². The lowest BCUT2D eigenvalue weighted by molar-refractivity contribution is -0.144. The Morgan fingerprint density at radius 3 is 3.00 bits per heavy atom. The van der Waals surface area contributed by atoms with Crippen molar-refractivity contribution in [1.82, 2.24) is 0 Å². The average molecular weight is 241 g/mol. The van der Waals surface area contributed by atoms with Gasteiger partial charge in [-0.15, -0.1) is 0 Å². The number of carbonyl (C=O) groups is 1. The molecule has 0 heterocycles. The van der Waals surface area contributed by atoms with Crippen LogP contribution in [0.4, 0.5) is 0 Å². The topological polar surface area (TPSA) is 46.5 Å². The van der Waals surface area contributed by atoms with E-state index in [4.69, 9.17) is 41.3 Å². The SMILES string of the molecule is [2H]c1c([2H])c(OC(C(=O)O)C([2H])([2H])[2H])c(Cl)c([2H])c1Cl. The summed E-state index contributed by atoms with van der Waals surface area (Å²) >= 11 is 11.3. The summed E-state index contributed by atoms with van der Waals surface area (Å²) in [5, 5.41) is 7.91. The Morgan fingerprint density at radius 1 is 1.71 bits per heavy atom. The molecule has 0 spiro atoms. The molecule has 14 heavy (non-hydrogen) atoms. The third-order valence-corrected chi connectivity index (χ3v) is 1.62. The summed E-state index contributed by atoms with van der Waals surface area (Å²) in [4.78, 5) is 10.9. The number of carboxylic acid groups (broad SMARTS) is 1. The van der Waals surface area contributed by atoms with Crippen molar-refractivity contribution in [2.75, 3.05) is 0 Å². The fraction of sp³-hybridized carbons (Fsp3) is 0.222. The molecular formula is C9H8Cl2O3. The second-order valence-electron chi connectivity index (χ2n) is 2.17. The van der Waals surface area contributed by atoms with Gasteiger partial charge in [-0.3, -0.25) is 0 Å². The van der Waals surface area contributed by atoms with Crippen LogP contribution in [0.5, 0.6) is 5.75 Å². The highest BCUT2D eigenvalue weighted by Crippen LogP contribution is 2.28. The van der Waals surface area contributed by atoms with Gasteiger partial charge in [0.15, 0.2) is 6.10 Å². The Hall–Kier alpha value is -0.930. The minimum absolute atomic E-state index is 0.409. The summed E-state index contributed by atoms with van der Waals surface area (Å²) in [7, 11) is 0. The van der Waals surface area contributed by atoms with Gasteiger partial charge in [0.25, 0.3) is 0 Å². The van der Waals surface area contributed by atoms with E-state index in [1.54, 1.807) is 0 Å². The Morgan fingerprint density at radius 2 is 2.43 bits per heavy atom. The third kappa shape index (κ3) is 2.79. The number of halogens is 2. The molecule has 0 fully saturated rings. The predicted molar refractivity (Wildman–Crippen MR) is 54.2 cm³/mol. The minimum atomic E-state index is -3.01. The molecule has 1 unspecified atom stereocenters. The van der Waals surface area contributed by atoms with E-state index in [1.807, 2.05) is 0 Å². The molecule has 5 heteroatoms. The molecule has 1 aromatic rings. The van der Waals surface area contributed by atoms with Crippen LogP contribution in [0, 0.1) is 0 Å². The maximum atomic E-state index is 10.9. The third-order valence-electron chi connectivity index (χ3n) is 1.16. The Kier molecular flexibility index (Phi) is 1.69. The molecule has 0 saturated carbocycles. The number of carboxylic acids is 1. The number of hydrogen-bond acceptors (Lipinski definition) is 2. The summed E-state index contributed by atoms with van der Waals surface area (Å²) < 4.78 is 48.5. The van der Waals surface area contributed by atoms with Gasteiger partial charge in [-0.05, 0) is 25.0 Å². The van der Waals surface area contributed by atoms with Crippen molar-refractivity contribution in [3.05, 3.63) is 28.2 Å². The standard InChI is InChI=1S/C9H8Cl2O3/c1-5(9(12)13)14-8-3-2-6(10)4-7(8)11/h2-5H,1H3,(H,12,13)/i1D3,2D,3D,4D. The van der Waals surface area contributed by atoms with Gasteiger partial charge in [-0.1, -0.05) is 23.2 Å². The van der Waals surface area contributed by atoms with Gasteiger partial charge in [0.2, 0.25) is 0 Å². The molecule has 1 rings (SSSR count). The first-order valence-electron chi connectivity index (χ1n) is 6.32. The lowest BCUT2D eigenvalue weighted by atomic mass is 10.3. The highest BCUT2D eigenvalue weighted by molar-refractivity contribution is 6.35. The molecule has 1 aromatic carbocycles. The van der Waals surface area contributed by atoms with Gasteiger partial charge in [0.05, 0.1) is 9.13 Å². The van der Waals surface area contributed by atoms with Crippen LogP contribution in [0.1, 0.15) is 15.1 Å². The molecule has 0 aliphatic heterocycles. The van der Waals surface area contributed by atoms with Gasteiger partial charge in [0.1, 0.15) is 5.75 Å². The van der Waals surface area contributed by atoms with E-state index in [1.165, 1.54) is 0 Å². The van der Waals surface area contributed by atoms with Crippen molar-refractivity contribution in [2.45, 2.75) is 13.0 Å². The van der Waals surface area contributed by atoms with Crippen LogP contribution in [-0.4, -0.2) is 17.2 Å². The fourth-order valence-corrected chi connectivity index (χ4v) is 0.977. The van der Waals surface area contributed by atoms with Gasteiger partial charge in [-0.2, -0.15) is 0 Å². The normalized spacial score (nSPS) is 19.3. The van der Waals surface area contributed by atoms with Gasteiger partial charge in [-0.25, -0.2) is 4.79 Å². The molecule has 0 saturated heterocycles. The van der Waals surface area contributed by atoms with Gasteiger partial charge < -0.3 is 9.84 Å². The molecule has 0 bridgehead atoms. The van der Waals surface area contributed by atoms with Crippen LogP contribution in [0.15, 0.2) is 18.1 Å². The lowest BCUT2D eigenvalue weighted by Gasteiger charge is -2.11. The van der Waals surface area contributed by atoms with Crippen LogP contribution in [-0.2, 0) is 4.79 Å². The van der Waals surface area contributed by atoms with E-state index in [2.05, 4.69) is 0 Å².